The van der Waals surface area contributed by atoms with Crippen molar-refractivity contribution >= 4 is 17.2 Å². The number of phenolic OH excluding ortho intramolecular Hbond substituents is 1. The van der Waals surface area contributed by atoms with Gasteiger partial charge in [-0.3, -0.25) is 0 Å². The van der Waals surface area contributed by atoms with E-state index in [1.807, 2.05) is 6.07 Å². The number of nitrogens with one attached hydrogen (secondary N) is 1. The molecule has 4 heteroatoms. The first-order valence-corrected chi connectivity index (χ1v) is 5.86. The molecule has 1 aromatic carbocycles. The van der Waals surface area contributed by atoms with Gasteiger partial charge in [0.15, 0.2) is 0 Å². The molecule has 2 rings (SSSR count). The smallest absolute Gasteiger partial charge is 0.125 e. The summed E-state index contributed by atoms with van der Waals surface area (Å²) in [5.74, 6) is 0.215. The van der Waals surface area contributed by atoms with Gasteiger partial charge in [0.25, 0.3) is 0 Å². The summed E-state index contributed by atoms with van der Waals surface area (Å²) in [4.78, 5) is 0.577. The molecule has 1 aromatic rings. The Kier molecular flexibility index (Phi) is 3.74. The number of hydrogen-bond donors (Lipinski definition) is 2. The second-order valence-electron chi connectivity index (χ2n) is 3.86. The highest BCUT2D eigenvalue weighted by Crippen LogP contribution is 2.16. The van der Waals surface area contributed by atoms with Crippen molar-refractivity contribution in [2.75, 3.05) is 13.2 Å². The molecule has 0 saturated carbocycles. The van der Waals surface area contributed by atoms with Gasteiger partial charge in [-0.2, -0.15) is 0 Å². The van der Waals surface area contributed by atoms with Crippen molar-refractivity contribution in [1.29, 1.82) is 0 Å². The molecular weight excluding hydrogens is 222 g/mol. The van der Waals surface area contributed by atoms with Gasteiger partial charge in [0, 0.05) is 13.2 Å². The molecule has 1 fully saturated rings. The van der Waals surface area contributed by atoms with Gasteiger partial charge in [0.1, 0.15) is 10.7 Å². The molecule has 0 unspecified atom stereocenters. The molecule has 0 spiro atoms. The molecule has 1 aliphatic rings. The lowest BCUT2D eigenvalue weighted by Crippen LogP contribution is -2.31. The van der Waals surface area contributed by atoms with Crippen LogP contribution < -0.4 is 5.32 Å². The first-order chi connectivity index (χ1) is 7.77. The van der Waals surface area contributed by atoms with E-state index in [-0.39, 0.29) is 11.9 Å². The highest BCUT2D eigenvalue weighted by molar-refractivity contribution is 7.80. The van der Waals surface area contributed by atoms with Crippen molar-refractivity contribution < 1.29 is 9.84 Å². The van der Waals surface area contributed by atoms with E-state index in [2.05, 4.69) is 5.32 Å². The largest absolute Gasteiger partial charge is 0.507 e. The normalized spacial score (nSPS) is 19.6. The van der Waals surface area contributed by atoms with Gasteiger partial charge >= 0.3 is 0 Å². The number of thiocarbonyl (C=S) groups is 1. The Morgan fingerprint density at radius 3 is 3.00 bits per heavy atom. The van der Waals surface area contributed by atoms with Gasteiger partial charge in [-0.1, -0.05) is 24.4 Å². The molecular formula is C12H15NO2S. The lowest BCUT2D eigenvalue weighted by Gasteiger charge is -2.13. The summed E-state index contributed by atoms with van der Waals surface area (Å²) in [7, 11) is 0. The SMILES string of the molecule is Oc1ccccc1C(=S)NC[C@@H]1CCCO1. The fourth-order valence-electron chi connectivity index (χ4n) is 1.77. The van der Waals surface area contributed by atoms with E-state index >= 15 is 0 Å². The zero-order valence-electron chi connectivity index (χ0n) is 8.98. The number of benzene rings is 1. The van der Waals surface area contributed by atoms with Crippen molar-refractivity contribution in [2.24, 2.45) is 0 Å². The van der Waals surface area contributed by atoms with Crippen LogP contribution in [0.25, 0.3) is 0 Å². The summed E-state index contributed by atoms with van der Waals surface area (Å²) < 4.78 is 5.48. The van der Waals surface area contributed by atoms with Crippen LogP contribution >= 0.6 is 12.2 Å². The van der Waals surface area contributed by atoms with Crippen molar-refractivity contribution in [1.82, 2.24) is 5.32 Å². The van der Waals surface area contributed by atoms with Crippen LogP contribution in [0.3, 0.4) is 0 Å². The molecule has 1 saturated heterocycles. The van der Waals surface area contributed by atoms with Gasteiger partial charge in [0.05, 0.1) is 11.7 Å². The molecule has 2 N–H and O–H groups in total. The van der Waals surface area contributed by atoms with Gasteiger partial charge in [-0.05, 0) is 25.0 Å². The van der Waals surface area contributed by atoms with Crippen molar-refractivity contribution in [3.05, 3.63) is 29.8 Å². The predicted molar refractivity (Wildman–Crippen MR) is 66.8 cm³/mol. The van der Waals surface area contributed by atoms with E-state index < -0.39 is 0 Å². The van der Waals surface area contributed by atoms with Crippen LogP contribution in [0.4, 0.5) is 0 Å². The highest BCUT2D eigenvalue weighted by Gasteiger charge is 2.16. The van der Waals surface area contributed by atoms with Gasteiger partial charge in [-0.25, -0.2) is 0 Å². The number of aromatic hydroxyl groups is 1. The lowest BCUT2D eigenvalue weighted by atomic mass is 10.2. The molecule has 16 heavy (non-hydrogen) atoms. The Bertz CT molecular complexity index is 375. The number of rotatable bonds is 3. The molecule has 0 aromatic heterocycles. The Morgan fingerprint density at radius 1 is 1.50 bits per heavy atom. The minimum atomic E-state index is 0.215. The topological polar surface area (TPSA) is 41.5 Å². The second-order valence-corrected chi connectivity index (χ2v) is 4.27. The van der Waals surface area contributed by atoms with Gasteiger partial charge in [-0.15, -0.1) is 0 Å². The predicted octanol–water partition coefficient (Wildman–Crippen LogP) is 1.84. The lowest BCUT2D eigenvalue weighted by molar-refractivity contribution is 0.114. The number of para-hydroxylation sites is 1. The number of phenols is 1. The van der Waals surface area contributed by atoms with E-state index in [1.165, 1.54) is 0 Å². The van der Waals surface area contributed by atoms with Gasteiger partial charge in [0.2, 0.25) is 0 Å². The first kappa shape index (κ1) is 11.4. The summed E-state index contributed by atoms with van der Waals surface area (Å²) in [5.41, 5.74) is 0.676. The second kappa shape index (κ2) is 5.27. The van der Waals surface area contributed by atoms with Crippen LogP contribution in [-0.2, 0) is 4.74 Å². The fraction of sp³-hybridized carbons (Fsp3) is 0.417. The van der Waals surface area contributed by atoms with E-state index in [1.54, 1.807) is 18.2 Å². The fourth-order valence-corrected chi connectivity index (χ4v) is 2.03. The third-order valence-electron chi connectivity index (χ3n) is 2.66. The zero-order valence-corrected chi connectivity index (χ0v) is 9.80. The van der Waals surface area contributed by atoms with Crippen molar-refractivity contribution in [3.63, 3.8) is 0 Å². The maximum absolute atomic E-state index is 9.61. The molecule has 0 bridgehead atoms. The summed E-state index contributed by atoms with van der Waals surface area (Å²) >= 11 is 5.22. The van der Waals surface area contributed by atoms with E-state index in [4.69, 9.17) is 17.0 Å². The quantitative estimate of drug-likeness (QED) is 0.787. The summed E-state index contributed by atoms with van der Waals surface area (Å²) in [6.07, 6.45) is 2.45. The van der Waals surface area contributed by atoms with Crippen LogP contribution in [0.5, 0.6) is 5.75 Å². The zero-order chi connectivity index (χ0) is 11.4. The Labute approximate surface area is 100 Å². The third kappa shape index (κ3) is 2.71. The molecule has 3 nitrogen and oxygen atoms in total. The van der Waals surface area contributed by atoms with Crippen LogP contribution in [0.2, 0.25) is 0 Å². The Morgan fingerprint density at radius 2 is 2.31 bits per heavy atom. The van der Waals surface area contributed by atoms with Gasteiger partial charge < -0.3 is 15.2 Å². The molecule has 0 amide bonds. The maximum Gasteiger partial charge on any atom is 0.125 e. The Hall–Kier alpha value is -1.13. The monoisotopic (exact) mass is 237 g/mol. The van der Waals surface area contributed by atoms with E-state index in [0.29, 0.717) is 17.1 Å². The molecule has 86 valence electrons. The van der Waals surface area contributed by atoms with Crippen molar-refractivity contribution in [2.45, 2.75) is 18.9 Å². The Balaban J connectivity index is 1.90. The molecule has 1 heterocycles. The number of hydrogen-bond acceptors (Lipinski definition) is 3. The van der Waals surface area contributed by atoms with Crippen molar-refractivity contribution in [3.8, 4) is 5.75 Å². The van der Waals surface area contributed by atoms with E-state index in [9.17, 15) is 5.11 Å². The van der Waals surface area contributed by atoms with Crippen LogP contribution in [0, 0.1) is 0 Å². The average Bonchev–Trinajstić information content (AvgIpc) is 2.79. The maximum atomic E-state index is 9.61. The summed E-state index contributed by atoms with van der Waals surface area (Å²) in [6, 6.07) is 7.08. The minimum Gasteiger partial charge on any atom is -0.507 e. The molecule has 1 atom stereocenters. The van der Waals surface area contributed by atoms with E-state index in [0.717, 1.165) is 19.4 Å². The van der Waals surface area contributed by atoms with Crippen LogP contribution in [-0.4, -0.2) is 29.4 Å². The van der Waals surface area contributed by atoms with Crippen LogP contribution in [0.15, 0.2) is 24.3 Å². The molecule has 0 aliphatic carbocycles. The highest BCUT2D eigenvalue weighted by atomic mass is 32.1. The molecule has 1 aliphatic heterocycles. The minimum absolute atomic E-state index is 0.215. The average molecular weight is 237 g/mol. The molecule has 0 radical (unpaired) electrons. The van der Waals surface area contributed by atoms with Crippen LogP contribution in [0.1, 0.15) is 18.4 Å². The standard InChI is InChI=1S/C12H15NO2S/c14-11-6-2-1-5-10(11)12(16)13-8-9-4-3-7-15-9/h1-2,5-6,9,14H,3-4,7-8H2,(H,13,16)/t9-/m0/s1. The summed E-state index contributed by atoms with van der Waals surface area (Å²) in [5, 5.41) is 12.7. The third-order valence-corrected chi connectivity index (χ3v) is 3.03. The summed E-state index contributed by atoms with van der Waals surface area (Å²) in [6.45, 7) is 1.56. The number of ether oxygens (including phenoxy) is 1. The first-order valence-electron chi connectivity index (χ1n) is 5.45.